The molecule has 0 radical (unpaired) electrons. The Kier molecular flexibility index (Phi) is 5.24. The number of rotatable bonds is 6. The SMILES string of the molecule is CC(C)CC(NC(=O)c1csc(CN)n1)C(=O)O. The molecule has 0 aliphatic heterocycles. The predicted octanol–water partition coefficient (Wildman–Crippen LogP) is 0.831. The smallest absolute Gasteiger partial charge is 0.326 e. The third kappa shape index (κ3) is 4.08. The fraction of sp³-hybridized carbons (Fsp3) is 0.545. The lowest BCUT2D eigenvalue weighted by atomic mass is 10.0. The molecule has 1 heterocycles. The Labute approximate surface area is 109 Å². The Morgan fingerprint density at radius 2 is 2.22 bits per heavy atom. The van der Waals surface area contributed by atoms with Crippen LogP contribution in [0.5, 0.6) is 0 Å². The molecule has 0 aliphatic carbocycles. The first-order chi connectivity index (χ1) is 8.43. The summed E-state index contributed by atoms with van der Waals surface area (Å²) in [7, 11) is 0. The third-order valence-corrected chi connectivity index (χ3v) is 3.14. The van der Waals surface area contributed by atoms with Crippen LogP contribution in [0.4, 0.5) is 0 Å². The number of nitrogens with two attached hydrogens (primary N) is 1. The van der Waals surface area contributed by atoms with E-state index in [1.807, 2.05) is 13.8 Å². The molecule has 1 amide bonds. The van der Waals surface area contributed by atoms with Crippen molar-refractivity contribution in [3.63, 3.8) is 0 Å². The van der Waals surface area contributed by atoms with Crippen LogP contribution in [0.2, 0.25) is 0 Å². The Balaban J connectivity index is 2.69. The lowest BCUT2D eigenvalue weighted by Crippen LogP contribution is -2.41. The highest BCUT2D eigenvalue weighted by molar-refractivity contribution is 7.09. The summed E-state index contributed by atoms with van der Waals surface area (Å²) in [5, 5.41) is 13.7. The predicted molar refractivity (Wildman–Crippen MR) is 68.4 cm³/mol. The van der Waals surface area contributed by atoms with E-state index < -0.39 is 17.9 Å². The first-order valence-corrected chi connectivity index (χ1v) is 6.50. The monoisotopic (exact) mass is 271 g/mol. The van der Waals surface area contributed by atoms with Crippen molar-refractivity contribution in [1.82, 2.24) is 10.3 Å². The van der Waals surface area contributed by atoms with Crippen LogP contribution >= 0.6 is 11.3 Å². The second-order valence-electron chi connectivity index (χ2n) is 4.32. The summed E-state index contributed by atoms with van der Waals surface area (Å²) in [6, 6.07) is -0.888. The summed E-state index contributed by atoms with van der Waals surface area (Å²) in [4.78, 5) is 26.8. The molecule has 18 heavy (non-hydrogen) atoms. The standard InChI is InChI=1S/C11H17N3O3S/c1-6(2)3-7(11(16)17)14-10(15)8-5-18-9(4-12)13-8/h5-7H,3-4,12H2,1-2H3,(H,14,15)(H,16,17). The summed E-state index contributed by atoms with van der Waals surface area (Å²) in [6.07, 6.45) is 0.384. The first kappa shape index (κ1) is 14.6. The highest BCUT2D eigenvalue weighted by Gasteiger charge is 2.22. The number of hydrogen-bond acceptors (Lipinski definition) is 5. The Morgan fingerprint density at radius 1 is 1.56 bits per heavy atom. The molecule has 1 rings (SSSR count). The van der Waals surface area contributed by atoms with Gasteiger partial charge in [0.25, 0.3) is 5.91 Å². The molecule has 1 aromatic rings. The van der Waals surface area contributed by atoms with Crippen molar-refractivity contribution >= 4 is 23.2 Å². The lowest BCUT2D eigenvalue weighted by molar-refractivity contribution is -0.139. The fourth-order valence-corrected chi connectivity index (χ4v) is 2.09. The van der Waals surface area contributed by atoms with Crippen LogP contribution in [0, 0.1) is 5.92 Å². The number of carbonyl (C=O) groups excluding carboxylic acids is 1. The molecular formula is C11H17N3O3S. The number of carbonyl (C=O) groups is 2. The van der Waals surface area contributed by atoms with Gasteiger partial charge in [-0.05, 0) is 12.3 Å². The molecule has 7 heteroatoms. The summed E-state index contributed by atoms with van der Waals surface area (Å²) in [5.41, 5.74) is 5.62. The van der Waals surface area contributed by atoms with Gasteiger partial charge >= 0.3 is 5.97 Å². The molecule has 4 N–H and O–H groups in total. The number of nitrogens with zero attached hydrogens (tertiary/aromatic N) is 1. The maximum absolute atomic E-state index is 11.8. The normalized spacial score (nSPS) is 12.4. The van der Waals surface area contributed by atoms with Crippen molar-refractivity contribution in [2.75, 3.05) is 0 Å². The van der Waals surface area contributed by atoms with Gasteiger partial charge in [0, 0.05) is 11.9 Å². The fourth-order valence-electron chi connectivity index (χ4n) is 1.43. The van der Waals surface area contributed by atoms with Gasteiger partial charge in [-0.25, -0.2) is 9.78 Å². The van der Waals surface area contributed by atoms with Crippen molar-refractivity contribution in [3.05, 3.63) is 16.1 Å². The third-order valence-electron chi connectivity index (χ3n) is 2.27. The van der Waals surface area contributed by atoms with Crippen LogP contribution in [0.15, 0.2) is 5.38 Å². The minimum atomic E-state index is -1.04. The van der Waals surface area contributed by atoms with Gasteiger partial charge < -0.3 is 16.2 Å². The second-order valence-corrected chi connectivity index (χ2v) is 5.27. The molecule has 100 valence electrons. The number of hydrogen-bond donors (Lipinski definition) is 3. The molecule has 1 aromatic heterocycles. The number of carboxylic acid groups (broad SMARTS) is 1. The number of aromatic nitrogens is 1. The molecular weight excluding hydrogens is 254 g/mol. The number of aliphatic carboxylic acids is 1. The number of carboxylic acids is 1. The van der Waals surface area contributed by atoms with E-state index in [1.54, 1.807) is 5.38 Å². The highest BCUT2D eigenvalue weighted by Crippen LogP contribution is 2.10. The Bertz CT molecular complexity index is 431. The molecule has 0 fully saturated rings. The number of nitrogens with one attached hydrogen (secondary N) is 1. The second kappa shape index (κ2) is 6.46. The van der Waals surface area contributed by atoms with Gasteiger partial charge in [0.2, 0.25) is 0 Å². The molecule has 0 aromatic carbocycles. The first-order valence-electron chi connectivity index (χ1n) is 5.62. The van der Waals surface area contributed by atoms with Crippen molar-refractivity contribution in [1.29, 1.82) is 0 Å². The number of thiazole rings is 1. The van der Waals surface area contributed by atoms with Crippen LogP contribution in [-0.4, -0.2) is 28.0 Å². The van der Waals surface area contributed by atoms with Gasteiger partial charge in [-0.1, -0.05) is 13.8 Å². The zero-order valence-corrected chi connectivity index (χ0v) is 11.2. The van der Waals surface area contributed by atoms with Gasteiger partial charge in [-0.3, -0.25) is 4.79 Å². The number of amides is 1. The van der Waals surface area contributed by atoms with Gasteiger partial charge in [-0.15, -0.1) is 11.3 Å². The van der Waals surface area contributed by atoms with Crippen LogP contribution in [0.25, 0.3) is 0 Å². The average molecular weight is 271 g/mol. The maximum Gasteiger partial charge on any atom is 0.326 e. The summed E-state index contributed by atoms with van der Waals surface area (Å²) < 4.78 is 0. The minimum absolute atomic E-state index is 0.182. The van der Waals surface area contributed by atoms with Crippen molar-refractivity contribution in [2.45, 2.75) is 32.9 Å². The maximum atomic E-state index is 11.8. The molecule has 0 spiro atoms. The zero-order valence-electron chi connectivity index (χ0n) is 10.3. The van der Waals surface area contributed by atoms with E-state index in [2.05, 4.69) is 10.3 Å². The topological polar surface area (TPSA) is 105 Å². The van der Waals surface area contributed by atoms with E-state index in [9.17, 15) is 9.59 Å². The lowest BCUT2D eigenvalue weighted by Gasteiger charge is -2.15. The van der Waals surface area contributed by atoms with E-state index in [1.165, 1.54) is 11.3 Å². The van der Waals surface area contributed by atoms with Crippen LogP contribution in [0.1, 0.15) is 35.8 Å². The highest BCUT2D eigenvalue weighted by atomic mass is 32.1. The van der Waals surface area contributed by atoms with Gasteiger partial charge in [0.15, 0.2) is 0 Å². The van der Waals surface area contributed by atoms with Gasteiger partial charge in [0.05, 0.1) is 0 Å². The minimum Gasteiger partial charge on any atom is -0.480 e. The van der Waals surface area contributed by atoms with Crippen LogP contribution in [-0.2, 0) is 11.3 Å². The van der Waals surface area contributed by atoms with Crippen molar-refractivity contribution < 1.29 is 14.7 Å². The van der Waals surface area contributed by atoms with E-state index in [0.717, 1.165) is 0 Å². The van der Waals surface area contributed by atoms with Gasteiger partial charge in [-0.2, -0.15) is 0 Å². The quantitative estimate of drug-likeness (QED) is 0.710. The van der Waals surface area contributed by atoms with E-state index in [-0.39, 0.29) is 18.2 Å². The molecule has 0 aliphatic rings. The van der Waals surface area contributed by atoms with E-state index >= 15 is 0 Å². The largest absolute Gasteiger partial charge is 0.480 e. The van der Waals surface area contributed by atoms with Crippen LogP contribution in [0.3, 0.4) is 0 Å². The molecule has 1 atom stereocenters. The molecule has 0 bridgehead atoms. The summed E-state index contributed by atoms with van der Waals surface area (Å²) in [5.74, 6) is -1.33. The van der Waals surface area contributed by atoms with E-state index in [0.29, 0.717) is 11.4 Å². The average Bonchev–Trinajstić information content (AvgIpc) is 2.75. The van der Waals surface area contributed by atoms with Crippen LogP contribution < -0.4 is 11.1 Å². The molecule has 0 saturated carbocycles. The molecule has 1 unspecified atom stereocenters. The summed E-state index contributed by atoms with van der Waals surface area (Å²) in [6.45, 7) is 4.07. The van der Waals surface area contributed by atoms with Gasteiger partial charge in [0.1, 0.15) is 16.7 Å². The van der Waals surface area contributed by atoms with Crippen molar-refractivity contribution in [2.24, 2.45) is 11.7 Å². The van der Waals surface area contributed by atoms with E-state index in [4.69, 9.17) is 10.8 Å². The Hall–Kier alpha value is -1.47. The molecule has 0 saturated heterocycles. The molecule has 6 nitrogen and oxygen atoms in total. The van der Waals surface area contributed by atoms with Crippen molar-refractivity contribution in [3.8, 4) is 0 Å². The summed E-state index contributed by atoms with van der Waals surface area (Å²) >= 11 is 1.28. The zero-order chi connectivity index (χ0) is 13.7. The Morgan fingerprint density at radius 3 is 2.67 bits per heavy atom.